The van der Waals surface area contributed by atoms with Crippen LogP contribution in [-0.2, 0) is 13.0 Å². The molecule has 0 radical (unpaired) electrons. The number of para-hydroxylation sites is 2. The number of aromatic nitrogens is 3. The molecule has 0 fully saturated rings. The van der Waals surface area contributed by atoms with Crippen molar-refractivity contribution >= 4 is 17.0 Å². The molecule has 0 unspecified atom stereocenters. The predicted octanol–water partition coefficient (Wildman–Crippen LogP) is 3.82. The van der Waals surface area contributed by atoms with Crippen LogP contribution in [0, 0.1) is 6.92 Å². The van der Waals surface area contributed by atoms with Gasteiger partial charge in [0.1, 0.15) is 17.8 Å². The van der Waals surface area contributed by atoms with Gasteiger partial charge in [0.2, 0.25) is 5.89 Å². The molecule has 30 heavy (non-hydrogen) atoms. The molecule has 2 aromatic carbocycles. The second-order valence-corrected chi connectivity index (χ2v) is 7.08. The summed E-state index contributed by atoms with van der Waals surface area (Å²) in [6, 6.07) is 16.2. The SMILES string of the molecule is CCNC(=NCc1coc(-c2ccc(C)cc2)n1)NCCc1nc2ccccc2[nH]1. The monoisotopic (exact) mass is 402 g/mol. The normalized spacial score (nSPS) is 11.7. The highest BCUT2D eigenvalue weighted by molar-refractivity contribution is 5.79. The van der Waals surface area contributed by atoms with Crippen LogP contribution in [0.3, 0.4) is 0 Å². The lowest BCUT2D eigenvalue weighted by Crippen LogP contribution is -2.38. The van der Waals surface area contributed by atoms with Crippen molar-refractivity contribution in [2.24, 2.45) is 4.99 Å². The van der Waals surface area contributed by atoms with Gasteiger partial charge in [-0.25, -0.2) is 15.0 Å². The van der Waals surface area contributed by atoms with Crippen molar-refractivity contribution in [3.63, 3.8) is 0 Å². The summed E-state index contributed by atoms with van der Waals surface area (Å²) in [5.41, 5.74) is 5.01. The summed E-state index contributed by atoms with van der Waals surface area (Å²) in [7, 11) is 0. The van der Waals surface area contributed by atoms with Crippen molar-refractivity contribution in [3.05, 3.63) is 71.9 Å². The Hall–Kier alpha value is -3.61. The third kappa shape index (κ3) is 4.86. The molecular weight excluding hydrogens is 376 g/mol. The van der Waals surface area contributed by atoms with E-state index in [9.17, 15) is 0 Å². The largest absolute Gasteiger partial charge is 0.444 e. The Kier molecular flexibility index (Phi) is 6.08. The molecule has 2 heterocycles. The number of nitrogens with zero attached hydrogens (tertiary/aromatic N) is 3. The van der Waals surface area contributed by atoms with Crippen LogP contribution in [0.15, 0.2) is 64.2 Å². The quantitative estimate of drug-likeness (QED) is 0.323. The zero-order valence-electron chi connectivity index (χ0n) is 17.3. The van der Waals surface area contributed by atoms with Crippen LogP contribution in [0.4, 0.5) is 0 Å². The van der Waals surface area contributed by atoms with Gasteiger partial charge in [-0.1, -0.05) is 29.8 Å². The third-order valence-electron chi connectivity index (χ3n) is 4.69. The molecule has 7 heteroatoms. The number of hydrogen-bond acceptors (Lipinski definition) is 4. The van der Waals surface area contributed by atoms with Crippen molar-refractivity contribution in [1.29, 1.82) is 0 Å². The van der Waals surface area contributed by atoms with Crippen LogP contribution in [0.2, 0.25) is 0 Å². The average Bonchev–Trinajstić information content (AvgIpc) is 3.39. The highest BCUT2D eigenvalue weighted by Crippen LogP contribution is 2.19. The molecule has 154 valence electrons. The van der Waals surface area contributed by atoms with Crippen LogP contribution in [-0.4, -0.2) is 34.0 Å². The lowest BCUT2D eigenvalue weighted by Gasteiger charge is -2.10. The number of aryl methyl sites for hydroxylation is 1. The van der Waals surface area contributed by atoms with Gasteiger partial charge in [0.05, 0.1) is 17.6 Å². The van der Waals surface area contributed by atoms with Gasteiger partial charge < -0.3 is 20.0 Å². The van der Waals surface area contributed by atoms with Crippen LogP contribution in [0.5, 0.6) is 0 Å². The Labute approximate surface area is 175 Å². The van der Waals surface area contributed by atoms with E-state index in [1.807, 2.05) is 55.5 Å². The number of imidazole rings is 1. The van der Waals surface area contributed by atoms with Crippen molar-refractivity contribution in [2.45, 2.75) is 26.8 Å². The van der Waals surface area contributed by atoms with Crippen molar-refractivity contribution < 1.29 is 4.42 Å². The first-order chi connectivity index (χ1) is 14.7. The fourth-order valence-electron chi connectivity index (χ4n) is 3.13. The second kappa shape index (κ2) is 9.26. The van der Waals surface area contributed by atoms with Gasteiger partial charge in [0.15, 0.2) is 5.96 Å². The van der Waals surface area contributed by atoms with E-state index in [2.05, 4.69) is 37.5 Å². The van der Waals surface area contributed by atoms with E-state index in [4.69, 9.17) is 4.42 Å². The van der Waals surface area contributed by atoms with Crippen molar-refractivity contribution in [3.8, 4) is 11.5 Å². The summed E-state index contributed by atoms with van der Waals surface area (Å²) >= 11 is 0. The van der Waals surface area contributed by atoms with Gasteiger partial charge in [-0.2, -0.15) is 0 Å². The maximum absolute atomic E-state index is 5.62. The molecule has 0 aliphatic heterocycles. The summed E-state index contributed by atoms with van der Waals surface area (Å²) in [5, 5.41) is 6.61. The fourth-order valence-corrected chi connectivity index (χ4v) is 3.13. The lowest BCUT2D eigenvalue weighted by molar-refractivity contribution is 0.572. The summed E-state index contributed by atoms with van der Waals surface area (Å²) in [6.07, 6.45) is 2.44. The molecule has 0 bridgehead atoms. The lowest BCUT2D eigenvalue weighted by atomic mass is 10.1. The number of oxazole rings is 1. The van der Waals surface area contributed by atoms with E-state index < -0.39 is 0 Å². The van der Waals surface area contributed by atoms with Crippen LogP contribution in [0.1, 0.15) is 24.0 Å². The van der Waals surface area contributed by atoms with Crippen LogP contribution >= 0.6 is 0 Å². The first-order valence-corrected chi connectivity index (χ1v) is 10.2. The number of hydrogen-bond donors (Lipinski definition) is 3. The zero-order valence-corrected chi connectivity index (χ0v) is 17.3. The van der Waals surface area contributed by atoms with E-state index in [1.54, 1.807) is 6.26 Å². The zero-order chi connectivity index (χ0) is 20.8. The number of H-pyrrole nitrogens is 1. The third-order valence-corrected chi connectivity index (χ3v) is 4.69. The molecule has 4 rings (SSSR count). The topological polar surface area (TPSA) is 91.1 Å². The smallest absolute Gasteiger partial charge is 0.226 e. The first kappa shape index (κ1) is 19.7. The predicted molar refractivity (Wildman–Crippen MR) is 119 cm³/mol. The first-order valence-electron chi connectivity index (χ1n) is 10.2. The standard InChI is InChI=1S/C23H26N6O/c1-3-24-23(25-13-12-21-28-19-6-4-5-7-20(19)29-21)26-14-18-15-30-22(27-18)17-10-8-16(2)9-11-17/h4-11,15H,3,12-14H2,1-2H3,(H,28,29)(H2,24,25,26). The number of guanidine groups is 1. The number of rotatable bonds is 7. The van der Waals surface area contributed by atoms with Crippen molar-refractivity contribution in [2.75, 3.05) is 13.1 Å². The highest BCUT2D eigenvalue weighted by Gasteiger charge is 2.07. The molecule has 7 nitrogen and oxygen atoms in total. The molecule has 3 N–H and O–H groups in total. The molecule has 0 saturated heterocycles. The molecule has 2 aromatic heterocycles. The van der Waals surface area contributed by atoms with Gasteiger partial charge in [-0.15, -0.1) is 0 Å². The molecule has 0 saturated carbocycles. The Morgan fingerprint density at radius 3 is 2.70 bits per heavy atom. The van der Waals surface area contributed by atoms with Gasteiger partial charge in [-0.3, -0.25) is 0 Å². The van der Waals surface area contributed by atoms with Gasteiger partial charge >= 0.3 is 0 Å². The molecule has 0 aliphatic carbocycles. The van der Waals surface area contributed by atoms with E-state index in [0.29, 0.717) is 12.4 Å². The summed E-state index contributed by atoms with van der Waals surface area (Å²) in [6.45, 7) is 6.04. The number of aliphatic imine (C=N–C) groups is 1. The number of fused-ring (bicyclic) bond motifs is 1. The Balaban J connectivity index is 1.34. The molecule has 0 amide bonds. The average molecular weight is 403 g/mol. The minimum absolute atomic E-state index is 0.440. The second-order valence-electron chi connectivity index (χ2n) is 7.08. The van der Waals surface area contributed by atoms with E-state index in [0.717, 1.165) is 53.6 Å². The van der Waals surface area contributed by atoms with Gasteiger partial charge in [0, 0.05) is 25.1 Å². The van der Waals surface area contributed by atoms with Gasteiger partial charge in [0.25, 0.3) is 0 Å². The molecule has 0 aliphatic rings. The minimum atomic E-state index is 0.440. The summed E-state index contributed by atoms with van der Waals surface area (Å²) < 4.78 is 5.62. The van der Waals surface area contributed by atoms with Crippen molar-refractivity contribution in [1.82, 2.24) is 25.6 Å². The van der Waals surface area contributed by atoms with Crippen LogP contribution in [0.25, 0.3) is 22.5 Å². The fraction of sp³-hybridized carbons (Fsp3) is 0.261. The summed E-state index contributed by atoms with van der Waals surface area (Å²) in [5.74, 6) is 2.32. The van der Waals surface area contributed by atoms with E-state index in [1.165, 1.54) is 5.56 Å². The maximum Gasteiger partial charge on any atom is 0.226 e. The molecule has 0 spiro atoms. The maximum atomic E-state index is 5.62. The molecular formula is C23H26N6O. The minimum Gasteiger partial charge on any atom is -0.444 e. The summed E-state index contributed by atoms with van der Waals surface area (Å²) in [4.78, 5) is 17.1. The molecule has 4 aromatic rings. The van der Waals surface area contributed by atoms with Crippen LogP contribution < -0.4 is 10.6 Å². The number of aromatic amines is 1. The number of nitrogens with one attached hydrogen (secondary N) is 3. The number of benzene rings is 2. The van der Waals surface area contributed by atoms with Gasteiger partial charge in [-0.05, 0) is 38.1 Å². The van der Waals surface area contributed by atoms with E-state index in [-0.39, 0.29) is 0 Å². The Morgan fingerprint density at radius 1 is 1.07 bits per heavy atom. The van der Waals surface area contributed by atoms with E-state index >= 15 is 0 Å². The Morgan fingerprint density at radius 2 is 1.90 bits per heavy atom. The molecule has 0 atom stereocenters. The highest BCUT2D eigenvalue weighted by atomic mass is 16.3. The Bertz CT molecular complexity index is 1090.